The van der Waals surface area contributed by atoms with Crippen molar-refractivity contribution < 1.29 is 43.0 Å². The van der Waals surface area contributed by atoms with Crippen LogP contribution in [0.25, 0.3) is 0 Å². The molecule has 0 atom stereocenters. The number of ketones is 1. The zero-order chi connectivity index (χ0) is 28.5. The summed E-state index contributed by atoms with van der Waals surface area (Å²) in [6.07, 6.45) is 2.37. The van der Waals surface area contributed by atoms with Gasteiger partial charge in [0.2, 0.25) is 0 Å². The molecule has 0 fully saturated rings. The van der Waals surface area contributed by atoms with Gasteiger partial charge >= 0.3 is 11.9 Å². The van der Waals surface area contributed by atoms with Crippen LogP contribution in [0, 0.1) is 0 Å². The Labute approximate surface area is 222 Å². The quantitative estimate of drug-likeness (QED) is 0.141. The van der Waals surface area contributed by atoms with E-state index < -0.39 is 41.2 Å². The molecule has 1 aliphatic rings. The van der Waals surface area contributed by atoms with E-state index in [9.17, 15) is 28.8 Å². The number of carbonyl (C=O) groups excluding carboxylic acids is 6. The van der Waals surface area contributed by atoms with Crippen molar-refractivity contribution in [3.63, 3.8) is 0 Å². The van der Waals surface area contributed by atoms with Crippen molar-refractivity contribution in [3.05, 3.63) is 65.7 Å². The normalized spacial score (nSPS) is 12.7. The highest BCUT2D eigenvalue weighted by molar-refractivity contribution is 6.67. The molecule has 2 aromatic carbocycles. The van der Waals surface area contributed by atoms with Gasteiger partial charge in [-0.15, -0.1) is 0 Å². The van der Waals surface area contributed by atoms with Gasteiger partial charge < -0.3 is 19.5 Å². The van der Waals surface area contributed by atoms with Gasteiger partial charge in [-0.3, -0.25) is 29.5 Å². The van der Waals surface area contributed by atoms with Gasteiger partial charge in [0.05, 0.1) is 37.6 Å². The Kier molecular flexibility index (Phi) is 9.24. The van der Waals surface area contributed by atoms with E-state index in [0.717, 1.165) is 11.8 Å². The number of methoxy groups -OCH3 is 2. The molecule has 13 heteroatoms. The molecule has 0 spiro atoms. The van der Waals surface area contributed by atoms with E-state index in [1.54, 1.807) is 12.1 Å². The van der Waals surface area contributed by atoms with E-state index in [4.69, 9.17) is 9.47 Å². The van der Waals surface area contributed by atoms with Gasteiger partial charge in [-0.05, 0) is 42.5 Å². The zero-order valence-corrected chi connectivity index (χ0v) is 21.2. The van der Waals surface area contributed by atoms with E-state index in [2.05, 4.69) is 20.6 Å². The van der Waals surface area contributed by atoms with Gasteiger partial charge in [0.25, 0.3) is 17.7 Å². The molecule has 0 saturated carbocycles. The minimum absolute atomic E-state index is 0.00234. The molecule has 3 rings (SSSR count). The summed E-state index contributed by atoms with van der Waals surface area (Å²) in [4.78, 5) is 73.1. The van der Waals surface area contributed by atoms with E-state index in [1.807, 2.05) is 0 Å². The number of amides is 3. The van der Waals surface area contributed by atoms with Gasteiger partial charge in [0, 0.05) is 24.8 Å². The second-order valence-corrected chi connectivity index (χ2v) is 7.86. The van der Waals surface area contributed by atoms with Crippen molar-refractivity contribution in [2.24, 2.45) is 5.10 Å². The largest absolute Gasteiger partial charge is 0.492 e. The molecule has 0 aromatic heterocycles. The fraction of sp³-hybridized carbons (Fsp3) is 0.192. The first-order valence-electron chi connectivity index (χ1n) is 11.4. The Balaban J connectivity index is 1.68. The van der Waals surface area contributed by atoms with Crippen molar-refractivity contribution in [2.45, 2.75) is 6.92 Å². The number of imide groups is 1. The fourth-order valence-corrected chi connectivity index (χ4v) is 3.31. The summed E-state index contributed by atoms with van der Waals surface area (Å²) in [5.41, 5.74) is 2.39. The van der Waals surface area contributed by atoms with Crippen LogP contribution < -0.4 is 15.5 Å². The minimum Gasteiger partial charge on any atom is -0.492 e. The number of Topliss-reactive ketones (excluding diaryl/α,β-unsaturated/α-hetero) is 1. The lowest BCUT2D eigenvalue weighted by Gasteiger charge is -2.14. The number of hydrazone groups is 1. The average Bonchev–Trinajstić information content (AvgIpc) is 3.25. The summed E-state index contributed by atoms with van der Waals surface area (Å²) in [6.45, 7) is 1.28. The number of nitrogens with one attached hydrogen (secondary N) is 2. The summed E-state index contributed by atoms with van der Waals surface area (Å²) >= 11 is 0. The molecule has 1 aliphatic heterocycles. The van der Waals surface area contributed by atoms with Gasteiger partial charge in [0.15, 0.2) is 11.5 Å². The van der Waals surface area contributed by atoms with Crippen molar-refractivity contribution in [2.75, 3.05) is 38.1 Å². The van der Waals surface area contributed by atoms with Crippen molar-refractivity contribution >= 4 is 52.5 Å². The molecule has 2 aromatic rings. The Bertz CT molecular complexity index is 1360. The first kappa shape index (κ1) is 28.2. The molecule has 0 aliphatic carbocycles. The molecule has 39 heavy (non-hydrogen) atoms. The number of nitrogens with zero attached hydrogens (tertiary/aromatic N) is 2. The number of benzene rings is 2. The predicted octanol–water partition coefficient (Wildman–Crippen LogP) is 1.56. The predicted molar refractivity (Wildman–Crippen MR) is 137 cm³/mol. The number of rotatable bonds is 11. The lowest BCUT2D eigenvalue weighted by molar-refractivity contribution is -0.137. The Hall–Kier alpha value is -5.33. The highest BCUT2D eigenvalue weighted by Crippen LogP contribution is 2.20. The molecule has 0 saturated heterocycles. The van der Waals surface area contributed by atoms with E-state index in [0.29, 0.717) is 11.4 Å². The molecule has 13 nitrogen and oxygen atoms in total. The first-order chi connectivity index (χ1) is 18.6. The topological polar surface area (TPSA) is 170 Å². The zero-order valence-electron chi connectivity index (χ0n) is 21.2. The lowest BCUT2D eigenvalue weighted by Crippen LogP contribution is -2.33. The van der Waals surface area contributed by atoms with E-state index in [-0.39, 0.29) is 30.0 Å². The smallest absolute Gasteiger partial charge is 0.340 e. The number of carbonyl (C=O) groups is 6. The van der Waals surface area contributed by atoms with Crippen LogP contribution in [0.5, 0.6) is 5.75 Å². The third-order valence-electron chi connectivity index (χ3n) is 5.28. The van der Waals surface area contributed by atoms with Crippen LogP contribution in [-0.2, 0) is 28.7 Å². The number of hydrogen-bond acceptors (Lipinski definition) is 11. The van der Waals surface area contributed by atoms with E-state index >= 15 is 0 Å². The maximum absolute atomic E-state index is 12.8. The van der Waals surface area contributed by atoms with Crippen LogP contribution in [0.15, 0.2) is 59.7 Å². The average molecular weight is 536 g/mol. The van der Waals surface area contributed by atoms with Gasteiger partial charge in [-0.1, -0.05) is 0 Å². The second kappa shape index (κ2) is 12.8. The number of esters is 2. The summed E-state index contributed by atoms with van der Waals surface area (Å²) in [5.74, 6) is -3.33. The Morgan fingerprint density at radius 2 is 1.54 bits per heavy atom. The molecule has 0 unspecified atom stereocenters. The van der Waals surface area contributed by atoms with Gasteiger partial charge in [-0.25, -0.2) is 9.59 Å². The first-order valence-corrected chi connectivity index (χ1v) is 11.4. The lowest BCUT2D eigenvalue weighted by atomic mass is 10.1. The summed E-state index contributed by atoms with van der Waals surface area (Å²) in [6, 6.07) is 10.0. The minimum atomic E-state index is -0.842. The van der Waals surface area contributed by atoms with Crippen LogP contribution in [0.3, 0.4) is 0 Å². The van der Waals surface area contributed by atoms with Crippen molar-refractivity contribution in [1.29, 1.82) is 0 Å². The third-order valence-corrected chi connectivity index (χ3v) is 5.28. The van der Waals surface area contributed by atoms with Crippen LogP contribution >= 0.6 is 0 Å². The number of hydrogen-bond donors (Lipinski definition) is 2. The van der Waals surface area contributed by atoms with Crippen molar-refractivity contribution in [1.82, 2.24) is 4.90 Å². The molecule has 0 bridgehead atoms. The van der Waals surface area contributed by atoms with Crippen molar-refractivity contribution in [3.8, 4) is 5.75 Å². The van der Waals surface area contributed by atoms with Crippen LogP contribution in [-0.4, -0.2) is 73.4 Å². The fourth-order valence-electron chi connectivity index (χ4n) is 3.31. The standard InChI is InChI=1S/C26H24N4O9/c1-15(31)23(29-28-20-14-16(25(35)37-2)4-9-19(20)26(36)38-3)24(34)27-17-5-7-18(8-6-17)39-13-12-30-21(32)10-11-22(30)33/h4-11,14,28H,12-13H2,1-3H3,(H,27,34)/b29-23+. The van der Waals surface area contributed by atoms with Gasteiger partial charge in [-0.2, -0.15) is 5.10 Å². The molecular formula is C26H24N4O9. The van der Waals surface area contributed by atoms with E-state index in [1.165, 1.54) is 56.7 Å². The molecular weight excluding hydrogens is 512 g/mol. The number of anilines is 2. The summed E-state index contributed by atoms with van der Waals surface area (Å²) in [5, 5.41) is 6.39. The van der Waals surface area contributed by atoms with Gasteiger partial charge in [0.1, 0.15) is 12.4 Å². The number of ether oxygens (including phenoxy) is 3. The van der Waals surface area contributed by atoms with Crippen LogP contribution in [0.1, 0.15) is 27.6 Å². The third kappa shape index (κ3) is 7.13. The molecule has 202 valence electrons. The molecule has 3 amide bonds. The van der Waals surface area contributed by atoms with Crippen LogP contribution in [0.2, 0.25) is 0 Å². The summed E-state index contributed by atoms with van der Waals surface area (Å²) in [7, 11) is 2.36. The highest BCUT2D eigenvalue weighted by Gasteiger charge is 2.23. The Morgan fingerprint density at radius 3 is 2.13 bits per heavy atom. The molecule has 2 N–H and O–H groups in total. The van der Waals surface area contributed by atoms with Crippen LogP contribution in [0.4, 0.5) is 11.4 Å². The highest BCUT2D eigenvalue weighted by atomic mass is 16.5. The molecule has 0 radical (unpaired) electrons. The maximum Gasteiger partial charge on any atom is 0.340 e. The maximum atomic E-state index is 12.8. The second-order valence-electron chi connectivity index (χ2n) is 7.86. The summed E-state index contributed by atoms with van der Waals surface area (Å²) < 4.78 is 14.9. The SMILES string of the molecule is COC(=O)c1ccc(C(=O)OC)c(N/N=C(\C(C)=O)C(=O)Nc2ccc(OCCN3C(=O)C=CC3=O)cc2)c1. The Morgan fingerprint density at radius 1 is 0.897 bits per heavy atom. The molecule has 1 heterocycles. The monoisotopic (exact) mass is 536 g/mol.